The van der Waals surface area contributed by atoms with Gasteiger partial charge in [0.15, 0.2) is 5.78 Å². The van der Waals surface area contributed by atoms with Gasteiger partial charge >= 0.3 is 0 Å². The Morgan fingerprint density at radius 1 is 1.08 bits per heavy atom. The maximum atomic E-state index is 14.6. The van der Waals surface area contributed by atoms with Crippen molar-refractivity contribution in [1.82, 2.24) is 35.2 Å². The zero-order valence-corrected chi connectivity index (χ0v) is 44.2. The summed E-state index contributed by atoms with van der Waals surface area (Å²) in [6, 6.07) is 7.66. The fourth-order valence-electron chi connectivity index (χ4n) is 11.9. The van der Waals surface area contributed by atoms with Crippen LogP contribution in [0.3, 0.4) is 0 Å². The number of methoxy groups -OCH3 is 1. The van der Waals surface area contributed by atoms with Gasteiger partial charge in [0, 0.05) is 85.3 Å². The molecule has 3 aromatic heterocycles. The van der Waals surface area contributed by atoms with Crippen LogP contribution in [0.2, 0.25) is 0 Å². The SMILES string of the molecule is CO[C@@H](C)c1ncc([C@@H]2CCN3CCOC[C@@H]3C2)cc1-c1c(CC(C)(C)CO)c2cc(-c3csc(C4OCCC(=O)[C@@H]5CCCN(N5)C(=O)[C@H]4NC(=O)[C@@H]4[C@@H](C)[C@H]4C(C)C)n3)ccc2n1CCOC(C)C. The molecule has 1 unspecified atom stereocenters. The number of carbonyl (C=O) groups excluding carboxylic acids is 3. The number of ether oxygens (including phenoxy) is 4. The van der Waals surface area contributed by atoms with Crippen LogP contribution < -0.4 is 10.7 Å². The number of nitrogens with one attached hydrogen (secondary N) is 2. The van der Waals surface area contributed by atoms with Crippen molar-refractivity contribution in [1.29, 1.82) is 0 Å². The van der Waals surface area contributed by atoms with Gasteiger partial charge in [-0.2, -0.15) is 0 Å². The lowest BCUT2D eigenvalue weighted by Crippen LogP contribution is -2.62. The van der Waals surface area contributed by atoms with E-state index in [2.05, 4.69) is 99.1 Å². The van der Waals surface area contributed by atoms with Crippen molar-refractivity contribution in [2.24, 2.45) is 29.1 Å². The van der Waals surface area contributed by atoms with Gasteiger partial charge in [0.05, 0.1) is 61.8 Å². The summed E-state index contributed by atoms with van der Waals surface area (Å²) in [6.45, 7) is 21.8. The molecule has 7 heterocycles. The first-order valence-corrected chi connectivity index (χ1v) is 27.2. The molecule has 71 heavy (non-hydrogen) atoms. The molecule has 16 heteroatoms. The van der Waals surface area contributed by atoms with Crippen LogP contribution in [0.4, 0.5) is 0 Å². The number of hydrogen-bond acceptors (Lipinski definition) is 13. The maximum absolute atomic E-state index is 14.6. The van der Waals surface area contributed by atoms with Crippen LogP contribution in [-0.4, -0.2) is 131 Å². The predicted molar refractivity (Wildman–Crippen MR) is 275 cm³/mol. The van der Waals surface area contributed by atoms with E-state index in [1.165, 1.54) is 21.9 Å². The van der Waals surface area contributed by atoms with Crippen molar-refractivity contribution in [3.63, 3.8) is 0 Å². The average Bonchev–Trinajstić information content (AvgIpc) is 3.66. The molecule has 2 amide bonds. The number of aliphatic hydroxyl groups excluding tert-OH is 1. The maximum Gasteiger partial charge on any atom is 0.262 e. The third-order valence-electron chi connectivity index (χ3n) is 16.0. The van der Waals surface area contributed by atoms with E-state index in [4.69, 9.17) is 28.9 Å². The molecule has 1 saturated carbocycles. The minimum atomic E-state index is -1.06. The highest BCUT2D eigenvalue weighted by Gasteiger charge is 2.54. The molecular formula is C55H77N7O8S. The summed E-state index contributed by atoms with van der Waals surface area (Å²) in [5, 5.41) is 19.1. The van der Waals surface area contributed by atoms with Crippen LogP contribution >= 0.6 is 11.3 Å². The van der Waals surface area contributed by atoms with Crippen LogP contribution in [0.15, 0.2) is 35.8 Å². The highest BCUT2D eigenvalue weighted by Crippen LogP contribution is 2.51. The largest absolute Gasteiger partial charge is 0.396 e. The number of Topliss-reactive ketones (excluding diaryl/α,β-unsaturated/α-hetero) is 1. The normalized spacial score (nSPS) is 27.1. The third kappa shape index (κ3) is 10.9. The third-order valence-corrected chi connectivity index (χ3v) is 16.9. The number of rotatable bonds is 16. The number of morpholine rings is 1. The fourth-order valence-corrected chi connectivity index (χ4v) is 12.9. The van der Waals surface area contributed by atoms with Crippen LogP contribution in [0, 0.1) is 29.1 Å². The van der Waals surface area contributed by atoms with E-state index in [0.29, 0.717) is 67.5 Å². The molecule has 2 bridgehead atoms. The van der Waals surface area contributed by atoms with Gasteiger partial charge < -0.3 is 33.9 Å². The fraction of sp³-hybridized carbons (Fsp3) is 0.655. The van der Waals surface area contributed by atoms with E-state index in [1.807, 2.05) is 12.3 Å². The number of thiazole rings is 1. The van der Waals surface area contributed by atoms with Gasteiger partial charge in [-0.1, -0.05) is 40.7 Å². The van der Waals surface area contributed by atoms with Crippen molar-refractivity contribution in [3.05, 3.63) is 57.7 Å². The number of aromatic nitrogens is 3. The number of amides is 2. The Morgan fingerprint density at radius 3 is 2.65 bits per heavy atom. The topological polar surface area (TPSA) is 170 Å². The molecule has 5 fully saturated rings. The lowest BCUT2D eigenvalue weighted by Gasteiger charge is -2.42. The van der Waals surface area contributed by atoms with Crippen LogP contribution in [0.1, 0.15) is 127 Å². The van der Waals surface area contributed by atoms with Crippen molar-refractivity contribution in [3.8, 4) is 22.5 Å². The minimum Gasteiger partial charge on any atom is -0.396 e. The molecule has 0 radical (unpaired) electrons. The van der Waals surface area contributed by atoms with Gasteiger partial charge in [0.2, 0.25) is 5.91 Å². The van der Waals surface area contributed by atoms with Crippen molar-refractivity contribution < 1.29 is 38.4 Å². The Labute approximate surface area is 423 Å². The number of pyridine rings is 1. The standard InChI is InChI=1S/C55H77N7O8S/c1-31(2)46-33(5)47(46)52(65)58-49-51(70-20-15-45(64)42-11-10-16-62(59-42)54(49)66)53-57-43(29-71-53)36-12-13-44-39(24-36)41(26-55(7,8)30-63)50(61(44)19-22-69-32(3)4)40-25-37(27-56-48(40)34(6)67-9)35-14-17-60-18-21-68-28-38(60)23-35/h12-13,24-25,27,29,31-35,38,42,46-47,49,51,59,63H,10-11,14-23,26,28,30H2,1-9H3,(H,58,65)/t33-,34-,35+,38-,42-,46+,47+,49-,51?/m0/s1. The number of hydrogen-bond donors (Lipinski definition) is 3. The molecule has 4 saturated heterocycles. The second kappa shape index (κ2) is 21.8. The summed E-state index contributed by atoms with van der Waals surface area (Å²) >= 11 is 1.39. The van der Waals surface area contributed by atoms with Gasteiger partial charge in [-0.15, -0.1) is 11.3 Å². The number of ketones is 1. The van der Waals surface area contributed by atoms with Crippen molar-refractivity contribution >= 4 is 39.8 Å². The highest BCUT2D eigenvalue weighted by molar-refractivity contribution is 7.10. The zero-order valence-electron chi connectivity index (χ0n) is 43.4. The second-order valence-electron chi connectivity index (χ2n) is 22.3. The Morgan fingerprint density at radius 2 is 1.90 bits per heavy atom. The van der Waals surface area contributed by atoms with Gasteiger partial charge in [-0.05, 0) is 118 Å². The molecule has 9 rings (SSSR count). The molecule has 15 nitrogen and oxygen atoms in total. The number of carbonyl (C=O) groups is 3. The Kier molecular flexibility index (Phi) is 15.9. The lowest BCUT2D eigenvalue weighted by molar-refractivity contribution is -0.150. The molecule has 4 aliphatic heterocycles. The van der Waals surface area contributed by atoms with E-state index in [9.17, 15) is 19.5 Å². The van der Waals surface area contributed by atoms with Gasteiger partial charge in [0.25, 0.3) is 5.91 Å². The lowest BCUT2D eigenvalue weighted by atomic mass is 9.82. The first kappa shape index (κ1) is 51.8. The summed E-state index contributed by atoms with van der Waals surface area (Å²) in [4.78, 5) is 55.1. The Bertz CT molecular complexity index is 2560. The van der Waals surface area contributed by atoms with Gasteiger partial charge in [0.1, 0.15) is 17.2 Å². The van der Waals surface area contributed by atoms with E-state index in [1.54, 1.807) is 7.11 Å². The summed E-state index contributed by atoms with van der Waals surface area (Å²) in [5.41, 5.74) is 10.5. The van der Waals surface area contributed by atoms with Crippen LogP contribution in [0.25, 0.3) is 33.4 Å². The smallest absolute Gasteiger partial charge is 0.262 e. The first-order chi connectivity index (χ1) is 34.1. The van der Waals surface area contributed by atoms with E-state index >= 15 is 0 Å². The second-order valence-corrected chi connectivity index (χ2v) is 23.2. The van der Waals surface area contributed by atoms with E-state index in [0.717, 1.165) is 78.1 Å². The number of nitrogens with zero attached hydrogens (tertiary/aromatic N) is 5. The number of hydrazine groups is 1. The zero-order chi connectivity index (χ0) is 50.3. The van der Waals surface area contributed by atoms with Gasteiger partial charge in [-0.3, -0.25) is 29.3 Å². The first-order valence-electron chi connectivity index (χ1n) is 26.3. The summed E-state index contributed by atoms with van der Waals surface area (Å²) in [6.07, 6.45) is 4.99. The molecule has 1 aliphatic carbocycles. The summed E-state index contributed by atoms with van der Waals surface area (Å²) in [7, 11) is 1.73. The quantitative estimate of drug-likeness (QED) is 0.100. The Hall–Kier alpha value is -4.13. The van der Waals surface area contributed by atoms with Crippen molar-refractivity contribution in [2.45, 2.75) is 143 Å². The average molecular weight is 996 g/mol. The number of piperidine rings is 1. The molecule has 9 atom stereocenters. The molecular weight excluding hydrogens is 919 g/mol. The highest BCUT2D eigenvalue weighted by atomic mass is 32.1. The van der Waals surface area contributed by atoms with E-state index < -0.39 is 23.6 Å². The monoisotopic (exact) mass is 996 g/mol. The Balaban J connectivity index is 1.14. The van der Waals surface area contributed by atoms with E-state index in [-0.39, 0.29) is 67.2 Å². The number of fused-ring (bicyclic) bond motifs is 4. The van der Waals surface area contributed by atoms with Gasteiger partial charge in [-0.25, -0.2) is 10.4 Å². The molecule has 3 N–H and O–H groups in total. The summed E-state index contributed by atoms with van der Waals surface area (Å²) < 4.78 is 27.2. The predicted octanol–water partition coefficient (Wildman–Crippen LogP) is 7.65. The molecule has 4 aromatic rings. The molecule has 0 spiro atoms. The van der Waals surface area contributed by atoms with Crippen LogP contribution in [0.5, 0.6) is 0 Å². The van der Waals surface area contributed by atoms with Crippen LogP contribution in [-0.2, 0) is 46.3 Å². The minimum absolute atomic E-state index is 0.00289. The number of aliphatic hydroxyl groups is 1. The summed E-state index contributed by atoms with van der Waals surface area (Å²) in [5.74, 6) is 0.399. The molecule has 1 aromatic carbocycles. The van der Waals surface area contributed by atoms with Crippen molar-refractivity contribution in [2.75, 3.05) is 59.8 Å². The number of benzene rings is 1. The molecule has 5 aliphatic rings. The molecule has 386 valence electrons.